The van der Waals surface area contributed by atoms with E-state index in [0.717, 1.165) is 25.9 Å². The summed E-state index contributed by atoms with van der Waals surface area (Å²) in [6.07, 6.45) is 4.63. The van der Waals surface area contributed by atoms with Crippen LogP contribution in [0.2, 0.25) is 0 Å². The Bertz CT molecular complexity index is 165. The molecule has 0 aliphatic carbocycles. The smallest absolute Gasteiger partial charge is 0.322 e. The van der Waals surface area contributed by atoms with E-state index in [1.54, 1.807) is 0 Å². The first kappa shape index (κ1) is 10.5. The first-order valence-electron chi connectivity index (χ1n) is 4.92. The molecule has 0 aromatic carbocycles. The quantitative estimate of drug-likeness (QED) is 0.664. The van der Waals surface area contributed by atoms with Crippen LogP contribution in [-0.2, 0) is 4.79 Å². The maximum atomic E-state index is 10.8. The van der Waals surface area contributed by atoms with Crippen LogP contribution in [0.5, 0.6) is 0 Å². The monoisotopic (exact) mass is 186 g/mol. The van der Waals surface area contributed by atoms with Gasteiger partial charge in [-0.3, -0.25) is 9.69 Å². The van der Waals surface area contributed by atoms with Crippen molar-refractivity contribution in [3.8, 4) is 0 Å². The van der Waals surface area contributed by atoms with E-state index in [1.807, 2.05) is 4.90 Å². The topological polar surface area (TPSA) is 66.6 Å². The summed E-state index contributed by atoms with van der Waals surface area (Å²) in [6, 6.07) is -0.474. The van der Waals surface area contributed by atoms with E-state index in [0.29, 0.717) is 0 Å². The van der Waals surface area contributed by atoms with Gasteiger partial charge in [-0.05, 0) is 25.9 Å². The maximum Gasteiger partial charge on any atom is 0.322 e. The minimum atomic E-state index is -0.788. The second-order valence-electron chi connectivity index (χ2n) is 3.54. The minimum Gasteiger partial charge on any atom is -0.480 e. The number of likely N-dealkylation sites (tertiary alicyclic amines) is 1. The lowest BCUT2D eigenvalue weighted by Gasteiger charge is -2.25. The van der Waals surface area contributed by atoms with Crippen LogP contribution >= 0.6 is 0 Å². The summed E-state index contributed by atoms with van der Waals surface area (Å²) in [5.74, 6) is -0.788. The van der Waals surface area contributed by atoms with Gasteiger partial charge in [0.25, 0.3) is 0 Å². The highest BCUT2D eigenvalue weighted by molar-refractivity contribution is 5.73. The molecule has 1 heterocycles. The zero-order chi connectivity index (χ0) is 9.68. The molecule has 0 saturated carbocycles. The third-order valence-corrected chi connectivity index (χ3v) is 2.59. The number of carboxylic acids is 1. The molecule has 13 heavy (non-hydrogen) atoms. The van der Waals surface area contributed by atoms with Crippen molar-refractivity contribution in [1.29, 1.82) is 0 Å². The Kier molecular flexibility index (Phi) is 4.18. The summed E-state index contributed by atoms with van der Waals surface area (Å²) >= 11 is 0. The molecule has 76 valence electrons. The molecule has 0 radical (unpaired) electrons. The minimum absolute atomic E-state index is 0.218. The molecular formula is C9H18N2O2. The molecule has 1 unspecified atom stereocenters. The zero-order valence-corrected chi connectivity index (χ0v) is 7.91. The Balaban J connectivity index is 2.50. The maximum absolute atomic E-state index is 10.8. The van der Waals surface area contributed by atoms with Crippen LogP contribution in [0, 0.1) is 0 Å². The molecule has 0 spiro atoms. The molecule has 0 aromatic heterocycles. The molecule has 1 saturated heterocycles. The van der Waals surface area contributed by atoms with Crippen molar-refractivity contribution in [2.24, 2.45) is 5.73 Å². The number of aliphatic carboxylic acids is 1. The second kappa shape index (κ2) is 5.19. The fourth-order valence-electron chi connectivity index (χ4n) is 1.81. The number of carboxylic acid groups (broad SMARTS) is 1. The number of carbonyl (C=O) groups is 1. The lowest BCUT2D eigenvalue weighted by Crippen LogP contribution is -2.46. The molecule has 0 amide bonds. The second-order valence-corrected chi connectivity index (χ2v) is 3.54. The summed E-state index contributed by atoms with van der Waals surface area (Å²) in [6.45, 7) is 1.98. The van der Waals surface area contributed by atoms with E-state index in [2.05, 4.69) is 0 Å². The van der Waals surface area contributed by atoms with Crippen LogP contribution in [0.4, 0.5) is 0 Å². The van der Waals surface area contributed by atoms with E-state index in [1.165, 1.54) is 12.8 Å². The van der Waals surface area contributed by atoms with Gasteiger partial charge >= 0.3 is 5.97 Å². The summed E-state index contributed by atoms with van der Waals surface area (Å²) < 4.78 is 0. The highest BCUT2D eigenvalue weighted by Gasteiger charge is 2.24. The van der Waals surface area contributed by atoms with Gasteiger partial charge < -0.3 is 10.8 Å². The summed E-state index contributed by atoms with van der Waals surface area (Å²) in [5.41, 5.74) is 5.43. The Hall–Kier alpha value is -0.610. The normalized spacial score (nSPS) is 22.2. The van der Waals surface area contributed by atoms with Crippen molar-refractivity contribution in [3.63, 3.8) is 0 Å². The number of hydrogen-bond acceptors (Lipinski definition) is 3. The van der Waals surface area contributed by atoms with E-state index < -0.39 is 12.0 Å². The van der Waals surface area contributed by atoms with E-state index in [4.69, 9.17) is 10.8 Å². The van der Waals surface area contributed by atoms with Crippen LogP contribution in [0.25, 0.3) is 0 Å². The first-order valence-corrected chi connectivity index (χ1v) is 4.92. The van der Waals surface area contributed by atoms with Gasteiger partial charge in [-0.1, -0.05) is 12.8 Å². The standard InChI is InChI=1S/C9H18N2O2/c10-7-8(9(12)13)11-5-3-1-2-4-6-11/h8H,1-7,10H2,(H,12,13). The van der Waals surface area contributed by atoms with Crippen LogP contribution < -0.4 is 5.73 Å². The first-order chi connectivity index (χ1) is 6.25. The summed E-state index contributed by atoms with van der Waals surface area (Å²) in [5, 5.41) is 8.90. The zero-order valence-electron chi connectivity index (χ0n) is 7.91. The molecule has 1 aliphatic rings. The average molecular weight is 186 g/mol. The van der Waals surface area contributed by atoms with Crippen LogP contribution in [-0.4, -0.2) is 41.7 Å². The van der Waals surface area contributed by atoms with E-state index in [9.17, 15) is 4.79 Å². The van der Waals surface area contributed by atoms with Gasteiger partial charge in [-0.15, -0.1) is 0 Å². The molecule has 0 aromatic rings. The van der Waals surface area contributed by atoms with Crippen molar-refractivity contribution >= 4 is 5.97 Å². The number of nitrogens with two attached hydrogens (primary N) is 1. The molecule has 1 atom stereocenters. The molecule has 1 rings (SSSR count). The molecule has 1 aliphatic heterocycles. The summed E-state index contributed by atoms with van der Waals surface area (Å²) in [7, 11) is 0. The molecule has 3 N–H and O–H groups in total. The van der Waals surface area contributed by atoms with Crippen molar-refractivity contribution < 1.29 is 9.90 Å². The average Bonchev–Trinajstić information content (AvgIpc) is 2.33. The van der Waals surface area contributed by atoms with Gasteiger partial charge in [0, 0.05) is 6.54 Å². The number of nitrogens with zero attached hydrogens (tertiary/aromatic N) is 1. The van der Waals surface area contributed by atoms with Gasteiger partial charge in [-0.25, -0.2) is 0 Å². The number of hydrogen-bond donors (Lipinski definition) is 2. The molecular weight excluding hydrogens is 168 g/mol. The fraction of sp³-hybridized carbons (Fsp3) is 0.889. The largest absolute Gasteiger partial charge is 0.480 e. The predicted molar refractivity (Wildman–Crippen MR) is 50.5 cm³/mol. The highest BCUT2D eigenvalue weighted by Crippen LogP contribution is 2.12. The van der Waals surface area contributed by atoms with Crippen molar-refractivity contribution in [2.45, 2.75) is 31.7 Å². The lowest BCUT2D eigenvalue weighted by molar-refractivity contribution is -0.142. The molecule has 0 bridgehead atoms. The number of rotatable bonds is 3. The molecule has 4 nitrogen and oxygen atoms in total. The van der Waals surface area contributed by atoms with Gasteiger partial charge in [0.05, 0.1) is 0 Å². The lowest BCUT2D eigenvalue weighted by atomic mass is 10.2. The third-order valence-electron chi connectivity index (χ3n) is 2.59. The van der Waals surface area contributed by atoms with Gasteiger partial charge in [0.1, 0.15) is 6.04 Å². The summed E-state index contributed by atoms with van der Waals surface area (Å²) in [4.78, 5) is 12.8. The van der Waals surface area contributed by atoms with Crippen molar-refractivity contribution in [2.75, 3.05) is 19.6 Å². The van der Waals surface area contributed by atoms with Gasteiger partial charge in [-0.2, -0.15) is 0 Å². The van der Waals surface area contributed by atoms with Crippen molar-refractivity contribution in [3.05, 3.63) is 0 Å². The SMILES string of the molecule is NCC(C(=O)O)N1CCCCCC1. The van der Waals surface area contributed by atoms with Crippen LogP contribution in [0.3, 0.4) is 0 Å². The Morgan fingerprint density at radius 3 is 2.23 bits per heavy atom. The highest BCUT2D eigenvalue weighted by atomic mass is 16.4. The van der Waals surface area contributed by atoms with E-state index >= 15 is 0 Å². The Labute approximate surface area is 78.7 Å². The molecule has 1 fully saturated rings. The van der Waals surface area contributed by atoms with Crippen molar-refractivity contribution in [1.82, 2.24) is 4.90 Å². The van der Waals surface area contributed by atoms with E-state index in [-0.39, 0.29) is 6.54 Å². The Morgan fingerprint density at radius 1 is 1.31 bits per heavy atom. The predicted octanol–water partition coefficient (Wildman–Crippen LogP) is 0.274. The van der Waals surface area contributed by atoms with Gasteiger partial charge in [0.2, 0.25) is 0 Å². The van der Waals surface area contributed by atoms with Gasteiger partial charge in [0.15, 0.2) is 0 Å². The Morgan fingerprint density at radius 2 is 1.85 bits per heavy atom. The third kappa shape index (κ3) is 2.97. The fourth-order valence-corrected chi connectivity index (χ4v) is 1.81. The van der Waals surface area contributed by atoms with Crippen LogP contribution in [0.15, 0.2) is 0 Å². The van der Waals surface area contributed by atoms with Crippen LogP contribution in [0.1, 0.15) is 25.7 Å². The molecule has 4 heteroatoms.